The van der Waals surface area contributed by atoms with Crippen molar-refractivity contribution >= 4 is 40.1 Å². The van der Waals surface area contributed by atoms with E-state index in [1.165, 1.54) is 0 Å². The standard InChI is InChI=1S/C40H40N6O7/c1-52-33-13-23(28-17-42-36(48)29-18-41-31(16-26(28)29)22-3-4-22)14-34(53-2)30(33)19-44-11-9-40(10-12-44)20-45(21-40)24-5-6-25-27(15-24)39(51)46(38(25)50)32-7-8-35(47)43-37(32)49/h5-6,13-18,22,32H,3-4,7-12,19-21H2,1-2H3,(H,42,48)(H,43,47,49). The van der Waals surface area contributed by atoms with E-state index >= 15 is 0 Å². The van der Waals surface area contributed by atoms with Crippen LogP contribution in [0, 0.1) is 5.41 Å². The molecular weight excluding hydrogens is 676 g/mol. The van der Waals surface area contributed by atoms with E-state index in [0.717, 1.165) is 102 Å². The van der Waals surface area contributed by atoms with E-state index < -0.39 is 29.7 Å². The number of imide groups is 2. The van der Waals surface area contributed by atoms with Gasteiger partial charge in [-0.25, -0.2) is 0 Å². The van der Waals surface area contributed by atoms with E-state index in [1.807, 2.05) is 18.2 Å². The van der Waals surface area contributed by atoms with Crippen LogP contribution in [0.3, 0.4) is 0 Å². The Bertz CT molecular complexity index is 2260. The van der Waals surface area contributed by atoms with Gasteiger partial charge in [0.05, 0.1) is 36.3 Å². The lowest BCUT2D eigenvalue weighted by Crippen LogP contribution is -2.60. The number of carbonyl (C=O) groups is 4. The van der Waals surface area contributed by atoms with E-state index in [1.54, 1.807) is 38.7 Å². The Balaban J connectivity index is 0.874. The molecule has 9 rings (SSSR count). The molecule has 0 bridgehead atoms. The maximum Gasteiger partial charge on any atom is 0.262 e. The molecule has 6 heterocycles. The summed E-state index contributed by atoms with van der Waals surface area (Å²) in [6, 6.07) is 10.4. The smallest absolute Gasteiger partial charge is 0.262 e. The number of likely N-dealkylation sites (tertiary alicyclic amines) is 1. The summed E-state index contributed by atoms with van der Waals surface area (Å²) in [6.45, 7) is 4.18. The fraction of sp³-hybridized carbons (Fsp3) is 0.400. The molecule has 1 aliphatic carbocycles. The Morgan fingerprint density at radius 2 is 1.57 bits per heavy atom. The van der Waals surface area contributed by atoms with Crippen LogP contribution in [0.2, 0.25) is 0 Å². The summed E-state index contributed by atoms with van der Waals surface area (Å²) in [6.07, 6.45) is 7.94. The van der Waals surface area contributed by atoms with Crippen molar-refractivity contribution in [3.05, 3.63) is 81.5 Å². The Morgan fingerprint density at radius 1 is 0.849 bits per heavy atom. The number of anilines is 1. The Hall–Kier alpha value is -5.56. The summed E-state index contributed by atoms with van der Waals surface area (Å²) >= 11 is 0. The highest BCUT2D eigenvalue weighted by atomic mass is 16.5. The number of nitrogens with zero attached hydrogens (tertiary/aromatic N) is 4. The van der Waals surface area contributed by atoms with Crippen LogP contribution >= 0.6 is 0 Å². The topological polar surface area (TPSA) is 154 Å². The first-order valence-electron chi connectivity index (χ1n) is 18.2. The third-order valence-corrected chi connectivity index (χ3v) is 11.9. The quantitative estimate of drug-likeness (QED) is 0.256. The largest absolute Gasteiger partial charge is 0.496 e. The van der Waals surface area contributed by atoms with Crippen molar-refractivity contribution < 1.29 is 28.7 Å². The summed E-state index contributed by atoms with van der Waals surface area (Å²) in [5.74, 6) is -0.0741. The van der Waals surface area contributed by atoms with E-state index in [4.69, 9.17) is 9.47 Å². The molecule has 1 atom stereocenters. The van der Waals surface area contributed by atoms with Gasteiger partial charge in [0.1, 0.15) is 17.5 Å². The molecule has 4 aromatic rings. The van der Waals surface area contributed by atoms with Crippen molar-refractivity contribution in [2.24, 2.45) is 5.41 Å². The number of piperidine rings is 2. The summed E-state index contributed by atoms with van der Waals surface area (Å²) in [5, 5.41) is 3.67. The monoisotopic (exact) mass is 716 g/mol. The molecule has 13 nitrogen and oxygen atoms in total. The molecule has 2 aromatic carbocycles. The summed E-state index contributed by atoms with van der Waals surface area (Å²) in [5.41, 5.74) is 5.26. The first kappa shape index (κ1) is 33.3. The number of aromatic amines is 1. The molecule has 3 saturated heterocycles. The van der Waals surface area contributed by atoms with E-state index in [2.05, 4.69) is 31.2 Å². The van der Waals surface area contributed by atoms with Crippen molar-refractivity contribution in [2.45, 2.75) is 57.0 Å². The summed E-state index contributed by atoms with van der Waals surface area (Å²) in [4.78, 5) is 76.4. The van der Waals surface area contributed by atoms with Gasteiger partial charge in [-0.1, -0.05) is 0 Å². The van der Waals surface area contributed by atoms with Gasteiger partial charge in [-0.2, -0.15) is 0 Å². The van der Waals surface area contributed by atoms with E-state index in [0.29, 0.717) is 23.4 Å². The van der Waals surface area contributed by atoms with Gasteiger partial charge in [0.15, 0.2) is 0 Å². The molecule has 4 fully saturated rings. The van der Waals surface area contributed by atoms with Crippen molar-refractivity contribution in [3.63, 3.8) is 0 Å². The zero-order valence-corrected chi connectivity index (χ0v) is 29.7. The average Bonchev–Trinajstić information content (AvgIpc) is 3.98. The Labute approximate surface area is 305 Å². The highest BCUT2D eigenvalue weighted by molar-refractivity contribution is 6.23. The van der Waals surface area contributed by atoms with Crippen LogP contribution in [0.25, 0.3) is 21.9 Å². The van der Waals surface area contributed by atoms with Crippen LogP contribution in [0.4, 0.5) is 5.69 Å². The number of carbonyl (C=O) groups excluding carboxylic acids is 4. The normalized spacial score (nSPS) is 21.2. The number of fused-ring (bicyclic) bond motifs is 2. The van der Waals surface area contributed by atoms with Gasteiger partial charge in [0.2, 0.25) is 11.8 Å². The second-order valence-electron chi connectivity index (χ2n) is 15.1. The third kappa shape index (κ3) is 5.65. The number of benzene rings is 2. The molecule has 4 aliphatic heterocycles. The molecule has 13 heteroatoms. The van der Waals surface area contributed by atoms with Crippen LogP contribution in [-0.2, 0) is 16.1 Å². The van der Waals surface area contributed by atoms with Gasteiger partial charge in [0.25, 0.3) is 17.4 Å². The van der Waals surface area contributed by atoms with Crippen molar-refractivity contribution in [1.82, 2.24) is 25.1 Å². The van der Waals surface area contributed by atoms with Crippen molar-refractivity contribution in [1.29, 1.82) is 0 Å². The lowest BCUT2D eigenvalue weighted by molar-refractivity contribution is -0.136. The lowest BCUT2D eigenvalue weighted by Gasteiger charge is -2.55. The lowest BCUT2D eigenvalue weighted by atomic mass is 9.71. The van der Waals surface area contributed by atoms with Crippen LogP contribution in [0.15, 0.2) is 53.6 Å². The van der Waals surface area contributed by atoms with Gasteiger partial charge < -0.3 is 19.4 Å². The molecular formula is C40H40N6O7. The van der Waals surface area contributed by atoms with Crippen LogP contribution in [0.5, 0.6) is 11.5 Å². The van der Waals surface area contributed by atoms with Gasteiger partial charge in [0, 0.05) is 66.7 Å². The molecule has 2 N–H and O–H groups in total. The molecule has 4 amide bonds. The van der Waals surface area contributed by atoms with Crippen LogP contribution < -0.4 is 25.2 Å². The SMILES string of the molecule is COc1cc(-c2c[nH]c(=O)c3cnc(C4CC4)cc23)cc(OC)c1CN1CCC2(CC1)CN(c1ccc3c(c1)C(=O)N(C1CCC(=O)NC1=O)C3=O)C2. The zero-order valence-electron chi connectivity index (χ0n) is 29.7. The molecule has 1 saturated carbocycles. The fourth-order valence-corrected chi connectivity index (χ4v) is 8.63. The van der Waals surface area contributed by atoms with E-state index in [9.17, 15) is 24.0 Å². The van der Waals surface area contributed by atoms with Gasteiger partial charge in [-0.15, -0.1) is 0 Å². The maximum absolute atomic E-state index is 13.4. The molecule has 272 valence electrons. The predicted octanol–water partition coefficient (Wildman–Crippen LogP) is 3.99. The van der Waals surface area contributed by atoms with Gasteiger partial charge in [-0.3, -0.25) is 44.1 Å². The zero-order chi connectivity index (χ0) is 36.6. The maximum atomic E-state index is 13.4. The van der Waals surface area contributed by atoms with Crippen molar-refractivity contribution in [2.75, 3.05) is 45.3 Å². The second-order valence-corrected chi connectivity index (χ2v) is 15.1. The number of rotatable bonds is 8. The Kier molecular flexibility index (Phi) is 7.88. The number of pyridine rings is 2. The number of aromatic nitrogens is 2. The van der Waals surface area contributed by atoms with E-state index in [-0.39, 0.29) is 29.4 Å². The number of methoxy groups -OCH3 is 2. The molecule has 53 heavy (non-hydrogen) atoms. The van der Waals surface area contributed by atoms with Crippen LogP contribution in [0.1, 0.15) is 76.4 Å². The number of amides is 4. The van der Waals surface area contributed by atoms with Crippen LogP contribution in [-0.4, -0.2) is 89.8 Å². The first-order chi connectivity index (χ1) is 25.6. The first-order valence-corrected chi connectivity index (χ1v) is 18.2. The number of ether oxygens (including phenoxy) is 2. The highest BCUT2D eigenvalue weighted by Crippen LogP contribution is 2.45. The number of H-pyrrole nitrogens is 1. The minimum Gasteiger partial charge on any atom is -0.496 e. The average molecular weight is 717 g/mol. The minimum atomic E-state index is -0.979. The number of hydrogen-bond donors (Lipinski definition) is 2. The van der Waals surface area contributed by atoms with Crippen molar-refractivity contribution in [3.8, 4) is 22.6 Å². The Morgan fingerprint density at radius 3 is 2.25 bits per heavy atom. The minimum absolute atomic E-state index is 0.0881. The summed E-state index contributed by atoms with van der Waals surface area (Å²) < 4.78 is 11.9. The molecule has 0 radical (unpaired) electrons. The second kappa shape index (κ2) is 12.5. The fourth-order valence-electron chi connectivity index (χ4n) is 8.63. The molecule has 1 unspecified atom stereocenters. The van der Waals surface area contributed by atoms with Gasteiger partial charge >= 0.3 is 0 Å². The highest BCUT2D eigenvalue weighted by Gasteiger charge is 2.47. The molecule has 1 spiro atoms. The predicted molar refractivity (Wildman–Crippen MR) is 195 cm³/mol. The molecule has 5 aliphatic rings. The van der Waals surface area contributed by atoms with Gasteiger partial charge in [-0.05, 0) is 92.5 Å². The number of nitrogens with one attached hydrogen (secondary N) is 2. The third-order valence-electron chi connectivity index (χ3n) is 11.9. The molecule has 2 aromatic heterocycles. The number of hydrogen-bond acceptors (Lipinski definition) is 10. The summed E-state index contributed by atoms with van der Waals surface area (Å²) in [7, 11) is 3.34.